The average Bonchev–Trinajstić information content (AvgIpc) is 2.18. The van der Waals surface area contributed by atoms with Gasteiger partial charge in [0.15, 0.2) is 0 Å². The summed E-state index contributed by atoms with van der Waals surface area (Å²) in [5.41, 5.74) is 0.991. The van der Waals surface area contributed by atoms with Gasteiger partial charge in [-0.05, 0) is 43.0 Å². The minimum atomic E-state index is -0.447. The predicted molar refractivity (Wildman–Crippen MR) is 52.4 cm³/mol. The van der Waals surface area contributed by atoms with Gasteiger partial charge >= 0.3 is 0 Å². The van der Waals surface area contributed by atoms with Crippen LogP contribution in [0.4, 0.5) is 4.39 Å². The quantitative estimate of drug-likeness (QED) is 0.713. The number of benzene rings is 1. The molecule has 2 unspecified atom stereocenters. The first-order valence-electron chi connectivity index (χ1n) is 4.92. The lowest BCUT2D eigenvalue weighted by atomic mass is 9.89. The van der Waals surface area contributed by atoms with Crippen LogP contribution in [0.5, 0.6) is 0 Å². The van der Waals surface area contributed by atoms with Crippen LogP contribution in [-0.4, -0.2) is 17.9 Å². The molecule has 0 saturated carbocycles. The monoisotopic (exact) mass is 195 g/mol. The number of aliphatic hydroxyl groups is 1. The van der Waals surface area contributed by atoms with Crippen LogP contribution in [0.25, 0.3) is 0 Å². The molecule has 0 radical (unpaired) electrons. The first kappa shape index (κ1) is 9.62. The molecule has 0 aliphatic carbocycles. The second kappa shape index (κ2) is 4.07. The molecule has 1 saturated heterocycles. The van der Waals surface area contributed by atoms with Crippen LogP contribution in [0.15, 0.2) is 24.3 Å². The van der Waals surface area contributed by atoms with Gasteiger partial charge < -0.3 is 5.11 Å². The zero-order valence-corrected chi connectivity index (χ0v) is 7.91. The van der Waals surface area contributed by atoms with Gasteiger partial charge in [0.25, 0.3) is 0 Å². The van der Waals surface area contributed by atoms with Crippen molar-refractivity contribution in [2.24, 2.45) is 0 Å². The molecule has 2 atom stereocenters. The van der Waals surface area contributed by atoms with Crippen molar-refractivity contribution in [1.29, 1.82) is 0 Å². The highest BCUT2D eigenvalue weighted by Gasteiger charge is 2.20. The molecule has 0 aromatic heterocycles. The Kier molecular flexibility index (Phi) is 2.79. The van der Waals surface area contributed by atoms with E-state index in [1.807, 2.05) is 6.07 Å². The Bertz CT molecular complexity index is 316. The summed E-state index contributed by atoms with van der Waals surface area (Å²) in [5.74, 6) is 0.0810. The van der Waals surface area contributed by atoms with Gasteiger partial charge in [0.1, 0.15) is 12.0 Å². The fourth-order valence-electron chi connectivity index (χ4n) is 1.96. The standard InChI is InChI=1S/C11H14FNO/c12-10-3-1-2-8(6-10)9-4-5-13-11(14)7-9/h1-3,6,9,11,13-14H,4-5,7H2. The molecule has 1 fully saturated rings. The van der Waals surface area contributed by atoms with Gasteiger partial charge in [-0.1, -0.05) is 12.1 Å². The number of piperidine rings is 1. The molecule has 0 amide bonds. The number of hydrogen-bond acceptors (Lipinski definition) is 2. The van der Waals surface area contributed by atoms with E-state index in [1.54, 1.807) is 12.1 Å². The van der Waals surface area contributed by atoms with Gasteiger partial charge in [-0.25, -0.2) is 4.39 Å². The first-order chi connectivity index (χ1) is 6.75. The summed E-state index contributed by atoms with van der Waals surface area (Å²) in [5, 5.41) is 12.4. The predicted octanol–water partition coefficient (Wildman–Crippen LogP) is 1.61. The smallest absolute Gasteiger partial charge is 0.123 e. The highest BCUT2D eigenvalue weighted by molar-refractivity contribution is 5.21. The summed E-state index contributed by atoms with van der Waals surface area (Å²) >= 11 is 0. The van der Waals surface area contributed by atoms with Crippen LogP contribution in [0.1, 0.15) is 24.3 Å². The second-order valence-corrected chi connectivity index (χ2v) is 3.75. The Labute approximate surface area is 82.8 Å². The summed E-state index contributed by atoms with van der Waals surface area (Å²) in [6.07, 6.45) is 1.18. The van der Waals surface area contributed by atoms with Crippen molar-refractivity contribution in [2.75, 3.05) is 6.54 Å². The normalized spacial score (nSPS) is 27.6. The van der Waals surface area contributed by atoms with E-state index in [1.165, 1.54) is 6.07 Å². The minimum absolute atomic E-state index is 0.199. The van der Waals surface area contributed by atoms with Crippen molar-refractivity contribution in [1.82, 2.24) is 5.32 Å². The first-order valence-corrected chi connectivity index (χ1v) is 4.92. The van der Waals surface area contributed by atoms with Crippen LogP contribution in [-0.2, 0) is 0 Å². The Morgan fingerprint density at radius 1 is 1.43 bits per heavy atom. The molecule has 1 aliphatic heterocycles. The highest BCUT2D eigenvalue weighted by atomic mass is 19.1. The zero-order chi connectivity index (χ0) is 9.97. The highest BCUT2D eigenvalue weighted by Crippen LogP contribution is 2.27. The molecule has 2 N–H and O–H groups in total. The van der Waals surface area contributed by atoms with Gasteiger partial charge in [-0.2, -0.15) is 0 Å². The van der Waals surface area contributed by atoms with E-state index < -0.39 is 6.23 Å². The molecular formula is C11H14FNO. The number of nitrogens with one attached hydrogen (secondary N) is 1. The maximum absolute atomic E-state index is 12.9. The fourth-order valence-corrected chi connectivity index (χ4v) is 1.96. The number of halogens is 1. The van der Waals surface area contributed by atoms with Gasteiger partial charge in [0, 0.05) is 0 Å². The van der Waals surface area contributed by atoms with Crippen LogP contribution >= 0.6 is 0 Å². The maximum atomic E-state index is 12.9. The van der Waals surface area contributed by atoms with E-state index in [0.717, 1.165) is 18.5 Å². The zero-order valence-electron chi connectivity index (χ0n) is 7.91. The molecule has 0 bridgehead atoms. The molecular weight excluding hydrogens is 181 g/mol. The van der Waals surface area contributed by atoms with Crippen molar-refractivity contribution in [3.63, 3.8) is 0 Å². The van der Waals surface area contributed by atoms with E-state index in [2.05, 4.69) is 5.32 Å². The summed E-state index contributed by atoms with van der Waals surface area (Å²) in [6.45, 7) is 0.794. The van der Waals surface area contributed by atoms with Crippen LogP contribution in [0.3, 0.4) is 0 Å². The second-order valence-electron chi connectivity index (χ2n) is 3.75. The van der Waals surface area contributed by atoms with Gasteiger partial charge in [0.05, 0.1) is 0 Å². The van der Waals surface area contributed by atoms with E-state index in [-0.39, 0.29) is 11.7 Å². The van der Waals surface area contributed by atoms with Crippen molar-refractivity contribution in [2.45, 2.75) is 25.0 Å². The third kappa shape index (κ3) is 2.11. The number of aliphatic hydroxyl groups excluding tert-OH is 1. The lowest BCUT2D eigenvalue weighted by molar-refractivity contribution is 0.0977. The number of hydrogen-bond donors (Lipinski definition) is 2. The third-order valence-electron chi connectivity index (χ3n) is 2.70. The van der Waals surface area contributed by atoms with Crippen molar-refractivity contribution >= 4 is 0 Å². The van der Waals surface area contributed by atoms with Crippen LogP contribution in [0.2, 0.25) is 0 Å². The summed E-state index contributed by atoms with van der Waals surface area (Å²) in [7, 11) is 0. The lowest BCUT2D eigenvalue weighted by Crippen LogP contribution is -2.36. The molecule has 3 heteroatoms. The topological polar surface area (TPSA) is 32.3 Å². The third-order valence-corrected chi connectivity index (χ3v) is 2.70. The van der Waals surface area contributed by atoms with E-state index >= 15 is 0 Å². The SMILES string of the molecule is OC1CC(c2cccc(F)c2)CCN1. The maximum Gasteiger partial charge on any atom is 0.123 e. The molecule has 14 heavy (non-hydrogen) atoms. The minimum Gasteiger partial charge on any atom is -0.379 e. The molecule has 1 aromatic rings. The van der Waals surface area contributed by atoms with Gasteiger partial charge in [0.2, 0.25) is 0 Å². The summed E-state index contributed by atoms with van der Waals surface area (Å²) in [4.78, 5) is 0. The molecule has 0 spiro atoms. The Morgan fingerprint density at radius 2 is 2.29 bits per heavy atom. The van der Waals surface area contributed by atoms with Crippen LogP contribution < -0.4 is 5.32 Å². The molecule has 2 rings (SSSR count). The Morgan fingerprint density at radius 3 is 3.00 bits per heavy atom. The van der Waals surface area contributed by atoms with Crippen molar-refractivity contribution in [3.8, 4) is 0 Å². The molecule has 1 aliphatic rings. The summed E-state index contributed by atoms with van der Waals surface area (Å²) in [6, 6.07) is 6.65. The Balaban J connectivity index is 2.14. The van der Waals surface area contributed by atoms with E-state index in [0.29, 0.717) is 6.42 Å². The Hall–Kier alpha value is -0.930. The lowest BCUT2D eigenvalue weighted by Gasteiger charge is -2.27. The molecule has 2 nitrogen and oxygen atoms in total. The number of rotatable bonds is 1. The van der Waals surface area contributed by atoms with Crippen LogP contribution in [0, 0.1) is 5.82 Å². The van der Waals surface area contributed by atoms with Crippen molar-refractivity contribution < 1.29 is 9.50 Å². The van der Waals surface area contributed by atoms with E-state index in [4.69, 9.17) is 0 Å². The molecule has 1 heterocycles. The summed E-state index contributed by atoms with van der Waals surface area (Å²) < 4.78 is 12.9. The average molecular weight is 195 g/mol. The largest absolute Gasteiger partial charge is 0.379 e. The fraction of sp³-hybridized carbons (Fsp3) is 0.455. The van der Waals surface area contributed by atoms with E-state index in [9.17, 15) is 9.50 Å². The molecule has 76 valence electrons. The molecule has 1 aromatic carbocycles. The van der Waals surface area contributed by atoms with Gasteiger partial charge in [-0.15, -0.1) is 0 Å². The van der Waals surface area contributed by atoms with Crippen molar-refractivity contribution in [3.05, 3.63) is 35.6 Å². The van der Waals surface area contributed by atoms with Gasteiger partial charge in [-0.3, -0.25) is 5.32 Å².